The van der Waals surface area contributed by atoms with Gasteiger partial charge in [-0.05, 0) is 49.4 Å². The number of unbranched alkanes of at least 4 members (excludes halogenated alkanes) is 10. The number of thioether (sulfide) groups is 6. The number of esters is 11. The van der Waals surface area contributed by atoms with Crippen LogP contribution >= 0.6 is 70.6 Å². The maximum Gasteiger partial charge on any atom is 0.309 e. The molecule has 2 N–H and O–H groups in total. The molecule has 0 heterocycles. The van der Waals surface area contributed by atoms with Gasteiger partial charge < -0.3 is 86.9 Å². The number of nitrogens with zero attached hydrogens (tertiary/aromatic N) is 4. The van der Waals surface area contributed by atoms with E-state index in [4.69, 9.17) is 56.8 Å². The monoisotopic (exact) mass is 1780 g/mol. The van der Waals surface area contributed by atoms with Gasteiger partial charge in [0.05, 0.1) is 74.7 Å². The molecule has 35 heteroatoms. The molecule has 0 fully saturated rings. The van der Waals surface area contributed by atoms with Crippen LogP contribution in [0.2, 0.25) is 0 Å². The quantitative estimate of drug-likeness (QED) is 0.0247. The van der Waals surface area contributed by atoms with Gasteiger partial charge in [0.2, 0.25) is 0 Å². The number of hydrogen-bond donors (Lipinski definition) is 2. The van der Waals surface area contributed by atoms with Crippen molar-refractivity contribution in [2.24, 2.45) is 35.5 Å². The molecule has 0 aliphatic rings. The Kier molecular flexibility index (Phi) is 75.3. The van der Waals surface area contributed by atoms with Crippen LogP contribution in [0.15, 0.2) is 0 Å². The first-order valence-electron chi connectivity index (χ1n) is 42.1. The van der Waals surface area contributed by atoms with Crippen LogP contribution in [0.3, 0.4) is 0 Å². The second-order valence-corrected chi connectivity index (χ2v) is 35.0. The minimum absolute atomic E-state index is 0.0175. The number of carbonyl (C=O) groups excluding carboxylic acids is 11. The van der Waals surface area contributed by atoms with Crippen LogP contribution in [0.4, 0.5) is 0 Å². The van der Waals surface area contributed by atoms with Crippen molar-refractivity contribution in [2.45, 2.75) is 177 Å². The van der Waals surface area contributed by atoms with E-state index < -0.39 is 60.0 Å². The van der Waals surface area contributed by atoms with Crippen LogP contribution in [0, 0.1) is 35.5 Å². The summed E-state index contributed by atoms with van der Waals surface area (Å²) in [5, 5.41) is 13.9. The van der Waals surface area contributed by atoms with Gasteiger partial charge in [0.25, 0.3) is 0 Å². The summed E-state index contributed by atoms with van der Waals surface area (Å²) in [5.41, 5.74) is 0. The Morgan fingerprint density at radius 1 is 0.291 bits per heavy atom. The molecule has 0 radical (unpaired) electrons. The van der Waals surface area contributed by atoms with Crippen LogP contribution in [0.1, 0.15) is 171 Å². The van der Waals surface area contributed by atoms with Crippen molar-refractivity contribution in [1.82, 2.24) is 24.9 Å². The molecule has 117 heavy (non-hydrogen) atoms. The summed E-state index contributed by atoms with van der Waals surface area (Å²) in [6.45, 7) is 17.7. The van der Waals surface area contributed by atoms with Crippen molar-refractivity contribution in [3.63, 3.8) is 0 Å². The molecule has 0 aliphatic carbocycles. The highest BCUT2D eigenvalue weighted by Gasteiger charge is 2.24. The van der Waals surface area contributed by atoms with Crippen molar-refractivity contribution < 1.29 is 115 Å². The molecule has 29 nitrogen and oxygen atoms in total. The van der Waals surface area contributed by atoms with E-state index in [0.29, 0.717) is 86.9 Å². The molecule has 0 saturated heterocycles. The average molecular weight is 1780 g/mol. The first-order valence-corrected chi connectivity index (χ1v) is 50.0. The summed E-state index contributed by atoms with van der Waals surface area (Å²) in [5.74, 6) is -1.34. The number of carbonyl (C=O) groups is 11. The summed E-state index contributed by atoms with van der Waals surface area (Å²) < 4.78 is 65.4. The van der Waals surface area contributed by atoms with Gasteiger partial charge in [0.1, 0.15) is 72.7 Å². The summed E-state index contributed by atoms with van der Waals surface area (Å²) in [6.07, 6.45) is 20.5. The topological polar surface area (TPSA) is 344 Å². The predicted molar refractivity (Wildman–Crippen MR) is 469 cm³/mol. The Morgan fingerprint density at radius 3 is 0.786 bits per heavy atom. The smallest absolute Gasteiger partial charge is 0.309 e. The number of aliphatic hydroxyl groups excluding tert-OH is 1. The molecular formula is C82H149N5O24S6. The zero-order valence-corrected chi connectivity index (χ0v) is 77.8. The van der Waals surface area contributed by atoms with Crippen molar-refractivity contribution in [1.29, 1.82) is 0 Å². The predicted octanol–water partition coefficient (Wildman–Crippen LogP) is 9.89. The Hall–Kier alpha value is -4.01. The molecule has 7 atom stereocenters. The molecule has 0 aliphatic heterocycles. The molecule has 0 amide bonds. The highest BCUT2D eigenvalue weighted by molar-refractivity contribution is 8.00. The Labute approximate surface area is 726 Å². The molecule has 0 aromatic carbocycles. The van der Waals surface area contributed by atoms with E-state index in [9.17, 15) is 57.8 Å². The summed E-state index contributed by atoms with van der Waals surface area (Å²) in [7, 11) is 0. The number of aliphatic hydroxyl groups is 1. The van der Waals surface area contributed by atoms with Gasteiger partial charge >= 0.3 is 65.7 Å². The summed E-state index contributed by atoms with van der Waals surface area (Å²) >= 11 is 9.57. The molecule has 7 unspecified atom stereocenters. The highest BCUT2D eigenvalue weighted by Crippen LogP contribution is 2.18. The van der Waals surface area contributed by atoms with E-state index in [0.717, 1.165) is 24.3 Å². The van der Waals surface area contributed by atoms with E-state index in [1.807, 2.05) is 65.4 Å². The normalized spacial score (nSPS) is 13.3. The zero-order chi connectivity index (χ0) is 86.9. The maximum atomic E-state index is 13.5. The highest BCUT2D eigenvalue weighted by atomic mass is 32.2. The molecule has 0 saturated carbocycles. The fraction of sp³-hybridized carbons (Fsp3) is 0.866. The van der Waals surface area contributed by atoms with Crippen molar-refractivity contribution in [2.75, 3.05) is 242 Å². The standard InChI is InChI=1S/C82H149N5O24S6/c1-13-15-17-19-21-23-57-116-63-69(7)81(98)110-55-49-103-74(91)28-36-85(35-27-73(90)102-47-53-108-79(96)67(5)61-114-11)42-44-87(38-30-76(93)105-50-56-111-82(99)70(8)64-117-58-24-22-20-18-16-14-2)40-32-83-31-39-86(37-29-75(92)104-48-54-109-80(97)68(6)62-115-12)43-41-84(33-25-71(88)100-45-51-106-77(94)65(3)59-112-9)34-26-72(89)101-46-52-107-78(95)66(4)60-113-10/h65-70,79,83,96H,13-64H2,1-12H3. The molecule has 0 aromatic heterocycles. The molecule has 0 spiro atoms. The number of nitrogens with one attached hydrogen (secondary N) is 1. The number of hydrogen-bond acceptors (Lipinski definition) is 35. The van der Waals surface area contributed by atoms with Crippen molar-refractivity contribution in [3.8, 4) is 0 Å². The summed E-state index contributed by atoms with van der Waals surface area (Å²) in [6, 6.07) is 0. The van der Waals surface area contributed by atoms with Gasteiger partial charge in [0, 0.05) is 132 Å². The third-order valence-corrected chi connectivity index (χ3v) is 24.2. The van der Waals surface area contributed by atoms with Gasteiger partial charge in [-0.25, -0.2) is 0 Å². The van der Waals surface area contributed by atoms with E-state index in [1.54, 1.807) is 56.1 Å². The van der Waals surface area contributed by atoms with Crippen LogP contribution < -0.4 is 5.32 Å². The van der Waals surface area contributed by atoms with Gasteiger partial charge in [-0.2, -0.15) is 70.6 Å². The van der Waals surface area contributed by atoms with Crippen LogP contribution in [0.25, 0.3) is 0 Å². The van der Waals surface area contributed by atoms with Crippen LogP contribution in [-0.4, -0.2) is 339 Å². The lowest BCUT2D eigenvalue weighted by Crippen LogP contribution is -2.43. The third kappa shape index (κ3) is 67.2. The van der Waals surface area contributed by atoms with Gasteiger partial charge in [0.15, 0.2) is 6.29 Å². The zero-order valence-electron chi connectivity index (χ0n) is 72.9. The minimum Gasteiger partial charge on any atom is -0.463 e. The molecule has 0 rings (SSSR count). The lowest BCUT2D eigenvalue weighted by Gasteiger charge is -2.28. The number of rotatable bonds is 81. The average Bonchev–Trinajstić information content (AvgIpc) is 0.939. The second-order valence-electron chi connectivity index (χ2n) is 29.0. The van der Waals surface area contributed by atoms with Gasteiger partial charge in [-0.15, -0.1) is 0 Å². The van der Waals surface area contributed by atoms with E-state index in [1.165, 1.54) is 99.5 Å². The van der Waals surface area contributed by atoms with E-state index in [2.05, 4.69) is 19.2 Å². The second kappa shape index (κ2) is 78.0. The maximum absolute atomic E-state index is 13.5. The molecule has 0 aromatic rings. The van der Waals surface area contributed by atoms with Crippen LogP contribution in [0.5, 0.6) is 0 Å². The fourth-order valence-corrected chi connectivity index (χ4v) is 15.8. The minimum atomic E-state index is -1.03. The molecule has 0 bridgehead atoms. The first-order chi connectivity index (χ1) is 56.3. The number of ether oxygens (including phenoxy) is 12. The van der Waals surface area contributed by atoms with E-state index in [-0.39, 0.29) is 205 Å². The Balaban J connectivity index is 6.82. The molecular weight excluding hydrogens is 1630 g/mol. The fourth-order valence-electron chi connectivity index (χ4n) is 11.0. The first kappa shape index (κ1) is 113. The third-order valence-electron chi connectivity index (χ3n) is 18.3. The van der Waals surface area contributed by atoms with Crippen molar-refractivity contribution >= 4 is 136 Å². The SMILES string of the molecule is CCCCCCCCSCC(C)C(=O)OCCOC(=O)CCN(CCNCCN(CCC(=O)OCCOC(=O)C(C)CSC)CCN(CCC(=O)OCCOC(=O)C(C)CSC)CCC(=O)OCCOC(=O)C(C)CSC)CCN(CCC(=O)OCCOC(=O)C(C)CSCCCCCCCC)CCC(=O)OCCOC(O)C(C)CSC. The lowest BCUT2D eigenvalue weighted by molar-refractivity contribution is -0.156. The summed E-state index contributed by atoms with van der Waals surface area (Å²) in [4.78, 5) is 150. The van der Waals surface area contributed by atoms with Crippen LogP contribution in [-0.2, 0) is 110 Å². The lowest BCUT2D eigenvalue weighted by atomic mass is 10.1. The Morgan fingerprint density at radius 2 is 0.521 bits per heavy atom. The van der Waals surface area contributed by atoms with Gasteiger partial charge in [-0.3, -0.25) is 52.7 Å². The van der Waals surface area contributed by atoms with Crippen molar-refractivity contribution in [3.05, 3.63) is 0 Å². The largest absolute Gasteiger partial charge is 0.463 e. The Bertz CT molecular complexity index is 2570. The molecule has 682 valence electrons. The van der Waals surface area contributed by atoms with E-state index >= 15 is 0 Å². The van der Waals surface area contributed by atoms with Gasteiger partial charge in [-0.1, -0.05) is 120 Å².